The van der Waals surface area contributed by atoms with Crippen LogP contribution >= 0.6 is 11.3 Å². The molecule has 2 heterocycles. The van der Waals surface area contributed by atoms with Crippen molar-refractivity contribution in [3.8, 4) is 11.5 Å². The number of fused-ring (bicyclic) bond motifs is 1. The van der Waals surface area contributed by atoms with E-state index < -0.39 is 0 Å². The summed E-state index contributed by atoms with van der Waals surface area (Å²) in [4.78, 5) is 14.1. The van der Waals surface area contributed by atoms with Crippen LogP contribution in [-0.2, 0) is 6.42 Å². The Bertz CT molecular complexity index is 993. The molecule has 29 heavy (non-hydrogen) atoms. The van der Waals surface area contributed by atoms with E-state index in [9.17, 15) is 4.79 Å². The fraction of sp³-hybridized carbons (Fsp3) is 0.476. The summed E-state index contributed by atoms with van der Waals surface area (Å²) in [7, 11) is 0. The molecule has 7 nitrogen and oxygen atoms in total. The normalized spacial score (nSPS) is 11.2. The second kappa shape index (κ2) is 9.26. The van der Waals surface area contributed by atoms with Crippen LogP contribution in [0.4, 0.5) is 0 Å². The summed E-state index contributed by atoms with van der Waals surface area (Å²) in [6.45, 7) is 11.7. The van der Waals surface area contributed by atoms with Gasteiger partial charge in [0.15, 0.2) is 11.5 Å². The molecule has 1 N–H and O–H groups in total. The van der Waals surface area contributed by atoms with Crippen molar-refractivity contribution >= 4 is 22.2 Å². The average Bonchev–Trinajstić information content (AvgIpc) is 3.24. The van der Waals surface area contributed by atoms with Crippen molar-refractivity contribution in [2.24, 2.45) is 0 Å². The maximum atomic E-state index is 12.7. The molecular weight excluding hydrogens is 388 g/mol. The van der Waals surface area contributed by atoms with Crippen LogP contribution in [0.2, 0.25) is 0 Å². The van der Waals surface area contributed by atoms with Crippen LogP contribution in [0.25, 0.3) is 4.96 Å². The molecule has 0 spiro atoms. The van der Waals surface area contributed by atoms with Crippen LogP contribution in [0.3, 0.4) is 0 Å². The van der Waals surface area contributed by atoms with E-state index in [4.69, 9.17) is 9.47 Å². The minimum atomic E-state index is -0.0799. The number of ether oxygens (including phenoxy) is 2. The minimum absolute atomic E-state index is 0.0799. The van der Waals surface area contributed by atoms with E-state index >= 15 is 0 Å². The molecule has 3 rings (SSSR count). The zero-order valence-corrected chi connectivity index (χ0v) is 18.4. The third-order valence-corrected chi connectivity index (χ3v) is 5.68. The van der Waals surface area contributed by atoms with Gasteiger partial charge in [-0.15, -0.1) is 10.2 Å². The number of aryl methyl sites for hydroxylation is 1. The Hall–Kier alpha value is -2.61. The van der Waals surface area contributed by atoms with E-state index in [0.29, 0.717) is 31.1 Å². The lowest BCUT2D eigenvalue weighted by Crippen LogP contribution is -2.25. The first-order chi connectivity index (χ1) is 14.0. The lowest BCUT2D eigenvalue weighted by molar-refractivity contribution is 0.0957. The average molecular weight is 417 g/mol. The molecule has 0 aliphatic carbocycles. The first kappa shape index (κ1) is 21.1. The SMILES string of the molecule is CCOc1ccc(CCNC(=O)c2sc3nnc(C(C)C)n3c2C)cc1OCC. The van der Waals surface area contributed by atoms with Gasteiger partial charge in [0, 0.05) is 18.2 Å². The van der Waals surface area contributed by atoms with Crippen molar-refractivity contribution in [2.75, 3.05) is 19.8 Å². The zero-order valence-electron chi connectivity index (χ0n) is 17.6. The predicted molar refractivity (Wildman–Crippen MR) is 115 cm³/mol. The third-order valence-electron chi connectivity index (χ3n) is 4.55. The van der Waals surface area contributed by atoms with E-state index in [1.807, 2.05) is 43.4 Å². The number of hydrogen-bond acceptors (Lipinski definition) is 6. The van der Waals surface area contributed by atoms with Gasteiger partial charge in [0.2, 0.25) is 4.96 Å². The Morgan fingerprint density at radius 1 is 1.17 bits per heavy atom. The molecule has 0 saturated heterocycles. The molecule has 0 bridgehead atoms. The molecule has 0 aliphatic rings. The van der Waals surface area contributed by atoms with Crippen molar-refractivity contribution in [3.05, 3.63) is 40.2 Å². The summed E-state index contributed by atoms with van der Waals surface area (Å²) < 4.78 is 13.2. The highest BCUT2D eigenvalue weighted by Gasteiger charge is 2.20. The van der Waals surface area contributed by atoms with Gasteiger partial charge in [-0.2, -0.15) is 0 Å². The lowest BCUT2D eigenvalue weighted by atomic mass is 10.1. The number of carbonyl (C=O) groups is 1. The van der Waals surface area contributed by atoms with Crippen LogP contribution in [0.1, 0.15) is 60.4 Å². The van der Waals surface area contributed by atoms with Gasteiger partial charge in [-0.1, -0.05) is 31.3 Å². The van der Waals surface area contributed by atoms with Gasteiger partial charge in [-0.3, -0.25) is 9.20 Å². The highest BCUT2D eigenvalue weighted by atomic mass is 32.1. The molecule has 0 atom stereocenters. The van der Waals surface area contributed by atoms with Crippen LogP contribution in [0.15, 0.2) is 18.2 Å². The summed E-state index contributed by atoms with van der Waals surface area (Å²) in [5.41, 5.74) is 1.97. The highest BCUT2D eigenvalue weighted by molar-refractivity contribution is 7.19. The second-order valence-electron chi connectivity index (χ2n) is 7.00. The highest BCUT2D eigenvalue weighted by Crippen LogP contribution is 2.29. The van der Waals surface area contributed by atoms with Gasteiger partial charge in [-0.05, 0) is 44.9 Å². The zero-order chi connectivity index (χ0) is 21.0. The Labute approximate surface area is 175 Å². The quantitative estimate of drug-likeness (QED) is 0.571. The van der Waals surface area contributed by atoms with Crippen LogP contribution in [-0.4, -0.2) is 40.3 Å². The van der Waals surface area contributed by atoms with Gasteiger partial charge in [0.25, 0.3) is 5.91 Å². The van der Waals surface area contributed by atoms with Gasteiger partial charge in [-0.25, -0.2) is 0 Å². The second-order valence-corrected chi connectivity index (χ2v) is 7.98. The molecule has 0 unspecified atom stereocenters. The number of carbonyl (C=O) groups excluding carboxylic acids is 1. The summed E-state index contributed by atoms with van der Waals surface area (Å²) in [5.74, 6) is 2.53. The fourth-order valence-electron chi connectivity index (χ4n) is 3.17. The molecule has 0 aliphatic heterocycles. The van der Waals surface area contributed by atoms with Gasteiger partial charge in [0.1, 0.15) is 10.7 Å². The topological polar surface area (TPSA) is 77.8 Å². The molecule has 2 aromatic heterocycles. The maximum absolute atomic E-state index is 12.7. The number of aromatic nitrogens is 3. The van der Waals surface area contributed by atoms with Gasteiger partial charge < -0.3 is 14.8 Å². The number of thiazole rings is 1. The first-order valence-electron chi connectivity index (χ1n) is 9.97. The first-order valence-corrected chi connectivity index (χ1v) is 10.8. The molecule has 0 fully saturated rings. The fourth-order valence-corrected chi connectivity index (χ4v) is 4.16. The van der Waals surface area contributed by atoms with E-state index in [-0.39, 0.29) is 11.8 Å². The molecular formula is C21H28N4O3S. The smallest absolute Gasteiger partial charge is 0.263 e. The summed E-state index contributed by atoms with van der Waals surface area (Å²) in [6, 6.07) is 5.90. The molecule has 8 heteroatoms. The Balaban J connectivity index is 1.66. The minimum Gasteiger partial charge on any atom is -0.490 e. The molecule has 156 valence electrons. The molecule has 0 radical (unpaired) electrons. The van der Waals surface area contributed by atoms with Crippen LogP contribution in [0.5, 0.6) is 11.5 Å². The Morgan fingerprint density at radius 2 is 1.90 bits per heavy atom. The van der Waals surface area contributed by atoms with Crippen molar-refractivity contribution < 1.29 is 14.3 Å². The number of amides is 1. The monoisotopic (exact) mass is 416 g/mol. The third kappa shape index (κ3) is 4.53. The van der Waals surface area contributed by atoms with Gasteiger partial charge >= 0.3 is 0 Å². The van der Waals surface area contributed by atoms with Crippen molar-refractivity contribution in [1.82, 2.24) is 19.9 Å². The number of nitrogens with one attached hydrogen (secondary N) is 1. The van der Waals surface area contributed by atoms with E-state index in [1.165, 1.54) is 11.3 Å². The van der Waals surface area contributed by atoms with Crippen LogP contribution in [0, 0.1) is 6.92 Å². The van der Waals surface area contributed by atoms with Gasteiger partial charge in [0.05, 0.1) is 13.2 Å². The predicted octanol–water partition coefficient (Wildman–Crippen LogP) is 3.99. The lowest BCUT2D eigenvalue weighted by Gasteiger charge is -2.12. The molecule has 0 saturated carbocycles. The Morgan fingerprint density at radius 3 is 2.59 bits per heavy atom. The number of nitrogens with zero attached hydrogens (tertiary/aromatic N) is 3. The largest absolute Gasteiger partial charge is 0.490 e. The number of rotatable bonds is 9. The van der Waals surface area contributed by atoms with Crippen molar-refractivity contribution in [1.29, 1.82) is 0 Å². The Kier molecular flexibility index (Phi) is 6.74. The molecule has 1 aromatic carbocycles. The van der Waals surface area contributed by atoms with E-state index in [2.05, 4.69) is 29.4 Å². The number of benzene rings is 1. The van der Waals surface area contributed by atoms with Crippen molar-refractivity contribution in [3.63, 3.8) is 0 Å². The standard InChI is InChI=1S/C21H28N4O3S/c1-6-27-16-9-8-15(12-17(16)28-7-2)10-11-22-20(26)18-14(5)25-19(13(3)4)23-24-21(25)29-18/h8-9,12-13H,6-7,10-11H2,1-5H3,(H,22,26). The van der Waals surface area contributed by atoms with Crippen molar-refractivity contribution in [2.45, 2.75) is 47.0 Å². The van der Waals surface area contributed by atoms with E-state index in [1.54, 1.807) is 0 Å². The summed E-state index contributed by atoms with van der Waals surface area (Å²) in [6.07, 6.45) is 0.707. The summed E-state index contributed by atoms with van der Waals surface area (Å²) in [5, 5.41) is 11.5. The number of hydrogen-bond donors (Lipinski definition) is 1. The molecule has 3 aromatic rings. The molecule has 1 amide bonds. The maximum Gasteiger partial charge on any atom is 0.263 e. The summed E-state index contributed by atoms with van der Waals surface area (Å²) >= 11 is 1.37. The van der Waals surface area contributed by atoms with E-state index in [0.717, 1.165) is 33.5 Å². The van der Waals surface area contributed by atoms with Crippen LogP contribution < -0.4 is 14.8 Å².